The lowest BCUT2D eigenvalue weighted by Gasteiger charge is -2.33. The maximum Gasteiger partial charge on any atom is 0.126 e. The zero-order valence-corrected chi connectivity index (χ0v) is 14.6. The van der Waals surface area contributed by atoms with Crippen LogP contribution in [0.15, 0.2) is 24.3 Å². The molecule has 2 rings (SSSR count). The maximum absolute atomic E-state index is 10.3. The van der Waals surface area contributed by atoms with Crippen LogP contribution in [0.25, 0.3) is 0 Å². The first-order valence-electron chi connectivity index (χ1n) is 8.60. The molecule has 1 fully saturated rings. The van der Waals surface area contributed by atoms with Crippen molar-refractivity contribution in [1.29, 1.82) is 0 Å². The van der Waals surface area contributed by atoms with Crippen LogP contribution in [-0.4, -0.2) is 48.7 Å². The van der Waals surface area contributed by atoms with Crippen molar-refractivity contribution in [1.82, 2.24) is 0 Å². The molecule has 0 saturated carbocycles. The topological polar surface area (TPSA) is 54.1 Å². The zero-order valence-electron chi connectivity index (χ0n) is 13.9. The Labute approximate surface area is 144 Å². The molecule has 4 nitrogen and oxygen atoms in total. The van der Waals surface area contributed by atoms with E-state index in [9.17, 15) is 10.2 Å². The standard InChI is InChI=1S/C18H28ClNO3/c1-14(15-5-7-16(19)8-6-15)23-13-18(22)12-20-10-3-2-4-17(20)9-11-21/h5-8,14,17-18,21-22H,2-4,9-13H2,1H3/p+1/t14-,17-,18-/m1/s1. The van der Waals surface area contributed by atoms with E-state index >= 15 is 0 Å². The van der Waals surface area contributed by atoms with Crippen molar-refractivity contribution >= 4 is 11.6 Å². The summed E-state index contributed by atoms with van der Waals surface area (Å²) in [6.07, 6.45) is 3.86. The number of nitrogens with one attached hydrogen (secondary N) is 1. The van der Waals surface area contributed by atoms with Crippen molar-refractivity contribution in [2.75, 3.05) is 26.3 Å². The van der Waals surface area contributed by atoms with E-state index in [1.54, 1.807) is 0 Å². The molecule has 1 aliphatic rings. The fourth-order valence-corrected chi connectivity index (χ4v) is 3.50. The van der Waals surface area contributed by atoms with E-state index in [0.717, 1.165) is 24.9 Å². The molecule has 0 spiro atoms. The van der Waals surface area contributed by atoms with Gasteiger partial charge in [0, 0.05) is 18.1 Å². The Morgan fingerprint density at radius 3 is 2.74 bits per heavy atom. The van der Waals surface area contributed by atoms with Crippen LogP contribution in [0.1, 0.15) is 44.3 Å². The van der Waals surface area contributed by atoms with Gasteiger partial charge < -0.3 is 19.8 Å². The molecule has 23 heavy (non-hydrogen) atoms. The second kappa shape index (κ2) is 9.60. The van der Waals surface area contributed by atoms with E-state index in [2.05, 4.69) is 0 Å². The van der Waals surface area contributed by atoms with Crippen molar-refractivity contribution in [2.24, 2.45) is 0 Å². The predicted octanol–water partition coefficient (Wildman–Crippen LogP) is 1.60. The molecule has 0 amide bonds. The van der Waals surface area contributed by atoms with Crippen molar-refractivity contribution in [3.05, 3.63) is 34.9 Å². The number of likely N-dealkylation sites (tertiary alicyclic amines) is 1. The monoisotopic (exact) mass is 342 g/mol. The third-order valence-electron chi connectivity index (χ3n) is 4.73. The Bertz CT molecular complexity index is 452. The number of piperidine rings is 1. The Morgan fingerprint density at radius 1 is 1.30 bits per heavy atom. The number of ether oxygens (including phenoxy) is 1. The average molecular weight is 343 g/mol. The molecule has 1 aliphatic heterocycles. The largest absolute Gasteiger partial charge is 0.396 e. The third-order valence-corrected chi connectivity index (χ3v) is 4.98. The Kier molecular flexibility index (Phi) is 7.80. The molecule has 0 radical (unpaired) electrons. The van der Waals surface area contributed by atoms with Gasteiger partial charge in [0.2, 0.25) is 0 Å². The summed E-state index contributed by atoms with van der Waals surface area (Å²) in [4.78, 5) is 1.40. The predicted molar refractivity (Wildman–Crippen MR) is 91.9 cm³/mol. The van der Waals surface area contributed by atoms with Crippen molar-refractivity contribution < 1.29 is 19.8 Å². The molecule has 0 aromatic heterocycles. The van der Waals surface area contributed by atoms with Crippen molar-refractivity contribution in [3.63, 3.8) is 0 Å². The van der Waals surface area contributed by atoms with Crippen LogP contribution in [0, 0.1) is 0 Å². The quantitative estimate of drug-likeness (QED) is 0.672. The van der Waals surface area contributed by atoms with Crippen LogP contribution < -0.4 is 4.90 Å². The van der Waals surface area contributed by atoms with Gasteiger partial charge in [0.05, 0.1) is 25.3 Å². The molecular formula is C18H29ClNO3+. The van der Waals surface area contributed by atoms with Crippen LogP contribution in [0.3, 0.4) is 0 Å². The van der Waals surface area contributed by atoms with Gasteiger partial charge in [-0.25, -0.2) is 0 Å². The molecular weight excluding hydrogens is 314 g/mol. The number of aliphatic hydroxyl groups is 2. The minimum atomic E-state index is -0.473. The summed E-state index contributed by atoms with van der Waals surface area (Å²) in [5.74, 6) is 0. The average Bonchev–Trinajstić information content (AvgIpc) is 2.55. The summed E-state index contributed by atoms with van der Waals surface area (Å²) in [6.45, 7) is 4.32. The van der Waals surface area contributed by atoms with Gasteiger partial charge in [0.1, 0.15) is 12.6 Å². The van der Waals surface area contributed by atoms with E-state index in [4.69, 9.17) is 16.3 Å². The molecule has 0 aliphatic carbocycles. The zero-order chi connectivity index (χ0) is 16.7. The minimum absolute atomic E-state index is 0.0634. The van der Waals surface area contributed by atoms with Crippen LogP contribution >= 0.6 is 11.6 Å². The number of halogens is 1. The van der Waals surface area contributed by atoms with Gasteiger partial charge >= 0.3 is 0 Å². The van der Waals surface area contributed by atoms with Crippen LogP contribution in [0.2, 0.25) is 5.02 Å². The van der Waals surface area contributed by atoms with Gasteiger partial charge in [-0.2, -0.15) is 0 Å². The van der Waals surface area contributed by atoms with Crippen LogP contribution in [-0.2, 0) is 4.74 Å². The number of hydrogen-bond acceptors (Lipinski definition) is 3. The fourth-order valence-electron chi connectivity index (χ4n) is 3.37. The van der Waals surface area contributed by atoms with E-state index in [1.165, 1.54) is 17.7 Å². The Morgan fingerprint density at radius 2 is 2.04 bits per heavy atom. The highest BCUT2D eigenvalue weighted by molar-refractivity contribution is 6.30. The van der Waals surface area contributed by atoms with Gasteiger partial charge in [-0.05, 0) is 43.9 Å². The summed E-state index contributed by atoms with van der Waals surface area (Å²) < 4.78 is 5.81. The lowest BCUT2D eigenvalue weighted by molar-refractivity contribution is -0.934. The first kappa shape index (κ1) is 18.7. The third kappa shape index (κ3) is 6.05. The van der Waals surface area contributed by atoms with E-state index in [0.29, 0.717) is 24.2 Å². The molecule has 3 N–H and O–H groups in total. The van der Waals surface area contributed by atoms with E-state index < -0.39 is 6.10 Å². The number of hydrogen-bond donors (Lipinski definition) is 3. The highest BCUT2D eigenvalue weighted by Crippen LogP contribution is 2.19. The van der Waals surface area contributed by atoms with Crippen LogP contribution in [0.5, 0.6) is 0 Å². The number of rotatable bonds is 8. The van der Waals surface area contributed by atoms with Gasteiger partial charge in [-0.15, -0.1) is 0 Å². The Hall–Kier alpha value is -0.650. The number of aliphatic hydroxyl groups excluding tert-OH is 2. The van der Waals surface area contributed by atoms with Gasteiger partial charge in [0.15, 0.2) is 0 Å². The number of quaternary nitrogens is 1. The van der Waals surface area contributed by atoms with Crippen molar-refractivity contribution in [2.45, 2.75) is 50.9 Å². The summed E-state index contributed by atoms with van der Waals surface area (Å²) in [6, 6.07) is 8.07. The normalized spacial score (nSPS) is 24.3. The highest BCUT2D eigenvalue weighted by Gasteiger charge is 2.27. The summed E-state index contributed by atoms with van der Waals surface area (Å²) in [5, 5.41) is 20.2. The first-order chi connectivity index (χ1) is 11.1. The van der Waals surface area contributed by atoms with Crippen molar-refractivity contribution in [3.8, 4) is 0 Å². The van der Waals surface area contributed by atoms with Gasteiger partial charge in [-0.1, -0.05) is 23.7 Å². The lowest BCUT2D eigenvalue weighted by atomic mass is 9.99. The minimum Gasteiger partial charge on any atom is -0.396 e. The smallest absolute Gasteiger partial charge is 0.126 e. The maximum atomic E-state index is 10.3. The second-order valence-electron chi connectivity index (χ2n) is 6.50. The van der Waals surface area contributed by atoms with E-state index in [-0.39, 0.29) is 12.7 Å². The summed E-state index contributed by atoms with van der Waals surface area (Å²) in [7, 11) is 0. The lowest BCUT2D eigenvalue weighted by Crippen LogP contribution is -3.17. The van der Waals surface area contributed by atoms with Crippen LogP contribution in [0.4, 0.5) is 0 Å². The fraction of sp³-hybridized carbons (Fsp3) is 0.667. The molecule has 0 bridgehead atoms. The molecule has 1 saturated heterocycles. The van der Waals surface area contributed by atoms with E-state index in [1.807, 2.05) is 31.2 Å². The molecule has 4 atom stereocenters. The summed E-state index contributed by atoms with van der Waals surface area (Å²) >= 11 is 5.89. The number of benzene rings is 1. The SMILES string of the molecule is C[C@@H](OC[C@H](O)C[NH+]1CCCC[C@@H]1CCO)c1ccc(Cl)cc1. The highest BCUT2D eigenvalue weighted by atomic mass is 35.5. The van der Waals surface area contributed by atoms with Gasteiger partial charge in [-0.3, -0.25) is 0 Å². The molecule has 1 unspecified atom stereocenters. The molecule has 1 aromatic rings. The van der Waals surface area contributed by atoms with Gasteiger partial charge in [0.25, 0.3) is 0 Å². The molecule has 5 heteroatoms. The first-order valence-corrected chi connectivity index (χ1v) is 8.98. The molecule has 130 valence electrons. The summed E-state index contributed by atoms with van der Waals surface area (Å²) in [5.41, 5.74) is 1.06. The molecule has 1 heterocycles. The Balaban J connectivity index is 1.77. The molecule has 1 aromatic carbocycles. The second-order valence-corrected chi connectivity index (χ2v) is 6.93.